The highest BCUT2D eigenvalue weighted by Crippen LogP contribution is 2.38. The highest BCUT2D eigenvalue weighted by Gasteiger charge is 2.29. The number of hydrogen-bond acceptors (Lipinski definition) is 8. The smallest absolute Gasteiger partial charge is 0.306 e. The summed E-state index contributed by atoms with van der Waals surface area (Å²) in [6.07, 6.45) is 2.41. The molecule has 2 aromatic carbocycles. The average Bonchev–Trinajstić information content (AvgIpc) is 3.27. The van der Waals surface area contributed by atoms with Gasteiger partial charge in [-0.25, -0.2) is 4.98 Å². The fourth-order valence-corrected chi connectivity index (χ4v) is 6.68. The van der Waals surface area contributed by atoms with Crippen LogP contribution in [0, 0.1) is 13.8 Å². The van der Waals surface area contributed by atoms with E-state index in [1.807, 2.05) is 24.1 Å². The van der Waals surface area contributed by atoms with E-state index in [1.54, 1.807) is 17.4 Å². The van der Waals surface area contributed by atoms with E-state index in [0.29, 0.717) is 41.4 Å². The average molecular weight is 591 g/mol. The number of likely N-dealkylation sites (tertiary alicyclic amines) is 1. The van der Waals surface area contributed by atoms with Crippen molar-refractivity contribution in [3.05, 3.63) is 79.3 Å². The topological polar surface area (TPSA) is 95.0 Å². The zero-order chi connectivity index (χ0) is 27.7. The van der Waals surface area contributed by atoms with Crippen molar-refractivity contribution in [2.45, 2.75) is 58.5 Å². The molecule has 3 heterocycles. The summed E-state index contributed by atoms with van der Waals surface area (Å²) in [7, 11) is -3.71. The lowest BCUT2D eigenvalue weighted by molar-refractivity contribution is -0.155. The molecule has 39 heavy (non-hydrogen) atoms. The molecule has 0 radical (unpaired) electrons. The predicted molar refractivity (Wildman–Crippen MR) is 150 cm³/mol. The number of piperidine rings is 1. The number of ether oxygens (including phenoxy) is 2. The fraction of sp³-hybridized carbons (Fsp3) is 0.429. The third-order valence-corrected chi connectivity index (χ3v) is 9.02. The van der Waals surface area contributed by atoms with E-state index in [-0.39, 0.29) is 30.8 Å². The van der Waals surface area contributed by atoms with E-state index in [4.69, 9.17) is 30.2 Å². The summed E-state index contributed by atoms with van der Waals surface area (Å²) in [5, 5.41) is 3.39. The van der Waals surface area contributed by atoms with Gasteiger partial charge in [0.1, 0.15) is 11.4 Å². The first kappa shape index (κ1) is 28.0. The van der Waals surface area contributed by atoms with Crippen LogP contribution in [0.4, 0.5) is 0 Å². The van der Waals surface area contributed by atoms with Crippen LogP contribution < -0.4 is 4.18 Å². The maximum absolute atomic E-state index is 13.0. The monoisotopic (exact) mass is 590 g/mol. The minimum atomic E-state index is -3.71. The van der Waals surface area contributed by atoms with Gasteiger partial charge in [0.2, 0.25) is 12.2 Å². The Morgan fingerprint density at radius 3 is 2.56 bits per heavy atom. The van der Waals surface area contributed by atoms with Gasteiger partial charge in [0.05, 0.1) is 30.9 Å². The third kappa shape index (κ3) is 6.63. The van der Waals surface area contributed by atoms with Crippen LogP contribution in [0.1, 0.15) is 63.6 Å². The normalized spacial score (nSPS) is 18.5. The second kappa shape index (κ2) is 11.5. The van der Waals surface area contributed by atoms with Crippen LogP contribution in [0.15, 0.2) is 35.7 Å². The van der Waals surface area contributed by atoms with Gasteiger partial charge in [0.15, 0.2) is 0 Å². The quantitative estimate of drug-likeness (QED) is 0.353. The van der Waals surface area contributed by atoms with Crippen molar-refractivity contribution in [1.82, 2.24) is 9.88 Å². The van der Waals surface area contributed by atoms with E-state index < -0.39 is 16.4 Å². The number of aryl methyl sites for hydroxylation is 2. The fourth-order valence-electron chi connectivity index (χ4n) is 4.97. The molecule has 0 spiro atoms. The number of aromatic nitrogens is 1. The number of carbonyl (C=O) groups is 1. The summed E-state index contributed by atoms with van der Waals surface area (Å²) < 4.78 is 40.5. The summed E-state index contributed by atoms with van der Waals surface area (Å²) in [5.41, 5.74) is 5.24. The standard InChI is InChI=1S/C28H31ClN2O6S2/c1-17-4-5-18(2)20(12-17)13-26(32)31-10-8-19(9-11-31)27-30-24(16-38-27)28-35-14-21-22(15-36-28)25(7-6-23(21)29)37-39(3,33)34/h4-7,12,16,19,28H,8-11,13-15H2,1-3H3. The van der Waals surface area contributed by atoms with Gasteiger partial charge in [-0.3, -0.25) is 4.79 Å². The van der Waals surface area contributed by atoms with Gasteiger partial charge in [0.25, 0.3) is 0 Å². The zero-order valence-corrected chi connectivity index (χ0v) is 24.5. The summed E-state index contributed by atoms with van der Waals surface area (Å²) in [4.78, 5) is 19.8. The SMILES string of the molecule is Cc1ccc(C)c(CC(=O)N2CCC(c3nc(C4OCc5c(Cl)ccc(OS(C)(=O)=O)c5CO4)cs3)CC2)c1. The van der Waals surface area contributed by atoms with E-state index in [1.165, 1.54) is 6.07 Å². The molecule has 1 amide bonds. The van der Waals surface area contributed by atoms with Gasteiger partial charge in [-0.05, 0) is 49.9 Å². The van der Waals surface area contributed by atoms with Crippen LogP contribution in [-0.2, 0) is 44.0 Å². The highest BCUT2D eigenvalue weighted by atomic mass is 35.5. The van der Waals surface area contributed by atoms with Gasteiger partial charge in [-0.2, -0.15) is 8.42 Å². The van der Waals surface area contributed by atoms with Crippen LogP contribution in [0.2, 0.25) is 5.02 Å². The van der Waals surface area contributed by atoms with Gasteiger partial charge in [-0.1, -0.05) is 35.4 Å². The molecule has 0 N–H and O–H groups in total. The van der Waals surface area contributed by atoms with Crippen LogP contribution in [-0.4, -0.2) is 43.6 Å². The van der Waals surface area contributed by atoms with Crippen molar-refractivity contribution >= 4 is 39.0 Å². The molecule has 1 atom stereocenters. The Morgan fingerprint density at radius 2 is 1.85 bits per heavy atom. The Hall–Kier alpha value is -2.50. The number of amides is 1. The van der Waals surface area contributed by atoms with Crippen LogP contribution in [0.5, 0.6) is 5.75 Å². The van der Waals surface area contributed by atoms with Gasteiger partial charge >= 0.3 is 10.1 Å². The molecule has 0 bridgehead atoms. The molecule has 2 aliphatic rings. The Bertz CT molecular complexity index is 1480. The molecule has 8 nitrogen and oxygen atoms in total. The number of hydrogen-bond donors (Lipinski definition) is 0. The lowest BCUT2D eigenvalue weighted by Crippen LogP contribution is -2.38. The van der Waals surface area contributed by atoms with Crippen molar-refractivity contribution in [2.75, 3.05) is 19.3 Å². The lowest BCUT2D eigenvalue weighted by Gasteiger charge is -2.31. The molecule has 5 rings (SSSR count). The van der Waals surface area contributed by atoms with Gasteiger partial charge in [-0.15, -0.1) is 11.3 Å². The van der Waals surface area contributed by atoms with Gasteiger partial charge in [0, 0.05) is 40.5 Å². The number of benzene rings is 2. The molecule has 1 saturated heterocycles. The van der Waals surface area contributed by atoms with E-state index in [2.05, 4.69) is 18.2 Å². The number of nitrogens with zero attached hydrogens (tertiary/aromatic N) is 2. The molecular formula is C28H31ClN2O6S2. The second-order valence-electron chi connectivity index (χ2n) is 10.1. The molecule has 0 aliphatic carbocycles. The molecule has 2 aliphatic heterocycles. The number of rotatable bonds is 6. The van der Waals surface area contributed by atoms with E-state index >= 15 is 0 Å². The molecular weight excluding hydrogens is 560 g/mol. The Labute approximate surface area is 238 Å². The molecule has 0 saturated carbocycles. The Balaban J connectivity index is 1.20. The van der Waals surface area contributed by atoms with Crippen LogP contribution >= 0.6 is 22.9 Å². The summed E-state index contributed by atoms with van der Waals surface area (Å²) in [6.45, 7) is 5.71. The number of thiazole rings is 1. The summed E-state index contributed by atoms with van der Waals surface area (Å²) in [6, 6.07) is 9.35. The maximum Gasteiger partial charge on any atom is 0.306 e. The molecule has 208 valence electrons. The third-order valence-electron chi connectivity index (χ3n) is 7.15. The molecule has 1 fully saturated rings. The lowest BCUT2D eigenvalue weighted by atomic mass is 9.96. The number of halogens is 1. The molecule has 1 aromatic heterocycles. The zero-order valence-electron chi connectivity index (χ0n) is 22.1. The Kier molecular flexibility index (Phi) is 8.30. The highest BCUT2D eigenvalue weighted by molar-refractivity contribution is 7.86. The molecule has 1 unspecified atom stereocenters. The summed E-state index contributed by atoms with van der Waals surface area (Å²) in [5.74, 6) is 0.611. The minimum absolute atomic E-state index is 0.0686. The van der Waals surface area contributed by atoms with Crippen LogP contribution in [0.3, 0.4) is 0 Å². The van der Waals surface area contributed by atoms with E-state index in [9.17, 15) is 13.2 Å². The van der Waals surface area contributed by atoms with Crippen molar-refractivity contribution in [2.24, 2.45) is 0 Å². The number of carbonyl (C=O) groups excluding carboxylic acids is 1. The van der Waals surface area contributed by atoms with E-state index in [0.717, 1.165) is 40.8 Å². The largest absolute Gasteiger partial charge is 0.382 e. The second-order valence-corrected chi connectivity index (χ2v) is 13.0. The van der Waals surface area contributed by atoms with Crippen molar-refractivity contribution < 1.29 is 26.9 Å². The maximum atomic E-state index is 13.0. The van der Waals surface area contributed by atoms with Crippen molar-refractivity contribution in [1.29, 1.82) is 0 Å². The summed E-state index contributed by atoms with van der Waals surface area (Å²) >= 11 is 7.93. The van der Waals surface area contributed by atoms with Crippen LogP contribution in [0.25, 0.3) is 0 Å². The first-order valence-corrected chi connectivity index (χ1v) is 15.9. The minimum Gasteiger partial charge on any atom is -0.382 e. The number of fused-ring (bicyclic) bond motifs is 1. The predicted octanol–water partition coefficient (Wildman–Crippen LogP) is 5.45. The van der Waals surface area contributed by atoms with Crippen molar-refractivity contribution in [3.8, 4) is 5.75 Å². The first-order chi connectivity index (χ1) is 18.6. The van der Waals surface area contributed by atoms with Crippen molar-refractivity contribution in [3.63, 3.8) is 0 Å². The molecule has 11 heteroatoms. The Morgan fingerprint density at radius 1 is 1.13 bits per heavy atom. The first-order valence-electron chi connectivity index (χ1n) is 12.8. The van der Waals surface area contributed by atoms with Gasteiger partial charge < -0.3 is 18.6 Å². The molecule has 3 aromatic rings.